The first-order chi connectivity index (χ1) is 16.5. The van der Waals surface area contributed by atoms with Gasteiger partial charge in [0.05, 0.1) is 23.8 Å². The van der Waals surface area contributed by atoms with Gasteiger partial charge in [-0.3, -0.25) is 9.80 Å². The van der Waals surface area contributed by atoms with Gasteiger partial charge in [-0.15, -0.1) is 0 Å². The van der Waals surface area contributed by atoms with Crippen LogP contribution in [0, 0.1) is 17.6 Å². The van der Waals surface area contributed by atoms with Gasteiger partial charge in [0, 0.05) is 37.9 Å². The van der Waals surface area contributed by atoms with Crippen LogP contribution in [-0.4, -0.2) is 48.2 Å². The number of benzene rings is 2. The molecule has 2 aromatic rings. The maximum atomic E-state index is 14.0. The molecule has 6 nitrogen and oxygen atoms in total. The van der Waals surface area contributed by atoms with E-state index in [4.69, 9.17) is 4.74 Å². The Balaban J connectivity index is 1.41. The third-order valence-corrected chi connectivity index (χ3v) is 6.31. The number of rotatable bonds is 6. The fraction of sp³-hybridized carbons (Fsp3) is 0.417. The number of alkyl halides is 3. The summed E-state index contributed by atoms with van der Waals surface area (Å²) in [5.41, 5.74) is -0.473. The van der Waals surface area contributed by atoms with Crippen molar-refractivity contribution < 1.29 is 36.6 Å². The number of ether oxygens (including phenoxy) is 1. The van der Waals surface area contributed by atoms with E-state index in [9.17, 15) is 31.9 Å². The zero-order chi connectivity index (χ0) is 25.3. The van der Waals surface area contributed by atoms with Crippen LogP contribution in [0.25, 0.3) is 0 Å². The molecular formula is C24H24F5N3O3. The van der Waals surface area contributed by atoms with E-state index in [0.29, 0.717) is 37.4 Å². The van der Waals surface area contributed by atoms with Gasteiger partial charge >= 0.3 is 12.1 Å². The van der Waals surface area contributed by atoms with Gasteiger partial charge in [-0.1, -0.05) is 6.92 Å². The van der Waals surface area contributed by atoms with Crippen molar-refractivity contribution in [1.29, 1.82) is 0 Å². The molecule has 2 aliphatic heterocycles. The van der Waals surface area contributed by atoms with E-state index < -0.39 is 47.9 Å². The average Bonchev–Trinajstić information content (AvgIpc) is 3.12. The highest BCUT2D eigenvalue weighted by Crippen LogP contribution is 2.37. The summed E-state index contributed by atoms with van der Waals surface area (Å²) in [6, 6.07) is 8.63. The first kappa shape index (κ1) is 24.7. The van der Waals surface area contributed by atoms with Crippen molar-refractivity contribution in [3.63, 3.8) is 0 Å². The van der Waals surface area contributed by atoms with Gasteiger partial charge in [0.25, 0.3) is 0 Å². The smallest absolute Gasteiger partial charge is 0.431 e. The Bertz CT molecular complexity index is 1100. The van der Waals surface area contributed by atoms with Crippen LogP contribution in [0.5, 0.6) is 5.75 Å². The fourth-order valence-corrected chi connectivity index (χ4v) is 4.49. The topological polar surface area (TPSA) is 65.4 Å². The van der Waals surface area contributed by atoms with Crippen molar-refractivity contribution in [2.24, 2.45) is 11.0 Å². The van der Waals surface area contributed by atoms with Crippen molar-refractivity contribution in [3.8, 4) is 5.75 Å². The lowest BCUT2D eigenvalue weighted by Gasteiger charge is -2.34. The van der Waals surface area contributed by atoms with E-state index in [0.717, 1.165) is 17.1 Å². The number of piperidine rings is 1. The number of hydrogen-bond donors (Lipinski definition) is 1. The van der Waals surface area contributed by atoms with Crippen LogP contribution in [0.15, 0.2) is 47.6 Å². The highest BCUT2D eigenvalue weighted by molar-refractivity contribution is 5.95. The lowest BCUT2D eigenvalue weighted by Crippen LogP contribution is -2.38. The average molecular weight is 497 g/mol. The second-order valence-corrected chi connectivity index (χ2v) is 8.68. The predicted molar refractivity (Wildman–Crippen MR) is 120 cm³/mol. The number of aliphatic carboxylic acids is 1. The monoisotopic (exact) mass is 497 g/mol. The summed E-state index contributed by atoms with van der Waals surface area (Å²) in [6.45, 7) is 2.26. The van der Waals surface area contributed by atoms with E-state index in [1.54, 1.807) is 17.0 Å². The summed E-state index contributed by atoms with van der Waals surface area (Å²) in [4.78, 5) is 13.0. The van der Waals surface area contributed by atoms with Gasteiger partial charge in [0.15, 0.2) is 0 Å². The minimum absolute atomic E-state index is 0.171. The highest BCUT2D eigenvalue weighted by atomic mass is 19.4. The molecule has 0 bridgehead atoms. The van der Waals surface area contributed by atoms with Gasteiger partial charge in [0.2, 0.25) is 0 Å². The van der Waals surface area contributed by atoms with Crippen LogP contribution in [0.4, 0.5) is 33.3 Å². The van der Waals surface area contributed by atoms with Gasteiger partial charge in [-0.25, -0.2) is 8.78 Å². The molecule has 2 aromatic carbocycles. The number of nitrogens with zero attached hydrogens (tertiary/aromatic N) is 3. The molecule has 2 unspecified atom stereocenters. The Kier molecular flexibility index (Phi) is 6.86. The number of halogens is 5. The molecule has 2 heterocycles. The molecule has 2 atom stereocenters. The van der Waals surface area contributed by atoms with Crippen LogP contribution in [0.2, 0.25) is 0 Å². The zero-order valence-corrected chi connectivity index (χ0v) is 18.8. The lowest BCUT2D eigenvalue weighted by molar-refractivity contribution is -0.137. The van der Waals surface area contributed by atoms with Crippen LogP contribution in [-0.2, 0) is 4.79 Å². The Morgan fingerprint density at radius 1 is 1.11 bits per heavy atom. The van der Waals surface area contributed by atoms with Gasteiger partial charge in [-0.2, -0.15) is 18.3 Å². The number of hydrazone groups is 1. The number of carboxylic acid groups (broad SMARTS) is 1. The van der Waals surface area contributed by atoms with Crippen LogP contribution in [0.3, 0.4) is 0 Å². The minimum atomic E-state index is -4.66. The molecule has 2 aliphatic rings. The summed E-state index contributed by atoms with van der Waals surface area (Å²) in [5.74, 6) is -2.82. The second kappa shape index (κ2) is 9.71. The van der Waals surface area contributed by atoms with Gasteiger partial charge in [0.1, 0.15) is 29.2 Å². The maximum Gasteiger partial charge on any atom is 0.431 e. The van der Waals surface area contributed by atoms with E-state index in [1.807, 2.05) is 0 Å². The normalized spacial score (nSPS) is 21.3. The minimum Gasteiger partial charge on any atom is -0.490 e. The van der Waals surface area contributed by atoms with Crippen molar-refractivity contribution >= 4 is 23.1 Å². The van der Waals surface area contributed by atoms with E-state index >= 15 is 0 Å². The molecule has 0 aliphatic carbocycles. The molecule has 11 heteroatoms. The third-order valence-electron chi connectivity index (χ3n) is 6.31. The Labute approximate surface area is 198 Å². The van der Waals surface area contributed by atoms with Gasteiger partial charge in [-0.05, 0) is 36.4 Å². The summed E-state index contributed by atoms with van der Waals surface area (Å²) >= 11 is 0. The largest absolute Gasteiger partial charge is 0.490 e. The SMILES string of the molecule is CC1C(C(F)(F)F)=NN(c2ccc(OC3CCN(c4cc(F)ccc4F)CC3)cc2)C1CC(=O)O. The van der Waals surface area contributed by atoms with Crippen LogP contribution < -0.4 is 14.6 Å². The molecule has 35 heavy (non-hydrogen) atoms. The van der Waals surface area contributed by atoms with E-state index in [1.165, 1.54) is 25.1 Å². The Morgan fingerprint density at radius 3 is 2.37 bits per heavy atom. The third kappa shape index (κ3) is 5.49. The Hall–Kier alpha value is -3.37. The standard InChI is InChI=1S/C24H24F5N3O3/c1-14-20(13-22(33)34)32(30-23(14)24(27,28)29)16-3-5-17(6-4-16)35-18-8-10-31(11-9-18)21-12-15(25)2-7-19(21)26/h2-7,12,14,18,20H,8-11,13H2,1H3,(H,33,34). The summed E-state index contributed by atoms with van der Waals surface area (Å²) in [7, 11) is 0. The molecule has 1 saturated heterocycles. The molecule has 1 fully saturated rings. The molecule has 0 radical (unpaired) electrons. The van der Waals surface area contributed by atoms with Crippen LogP contribution in [0.1, 0.15) is 26.2 Å². The summed E-state index contributed by atoms with van der Waals surface area (Å²) < 4.78 is 73.5. The number of carbonyl (C=O) groups is 1. The predicted octanol–water partition coefficient (Wildman–Crippen LogP) is 5.23. The van der Waals surface area contributed by atoms with Crippen molar-refractivity contribution in [3.05, 3.63) is 54.1 Å². The second-order valence-electron chi connectivity index (χ2n) is 8.68. The van der Waals surface area contributed by atoms with Crippen molar-refractivity contribution in [2.75, 3.05) is 23.0 Å². The lowest BCUT2D eigenvalue weighted by atomic mass is 9.94. The van der Waals surface area contributed by atoms with E-state index in [2.05, 4.69) is 5.10 Å². The van der Waals surface area contributed by atoms with Crippen LogP contribution >= 0.6 is 0 Å². The maximum absolute atomic E-state index is 14.0. The molecule has 0 aromatic heterocycles. The molecule has 4 rings (SSSR count). The quantitative estimate of drug-likeness (QED) is 0.554. The summed E-state index contributed by atoms with van der Waals surface area (Å²) in [5, 5.41) is 14.0. The Morgan fingerprint density at radius 2 is 1.77 bits per heavy atom. The van der Waals surface area contributed by atoms with Gasteiger partial charge < -0.3 is 14.7 Å². The fourth-order valence-electron chi connectivity index (χ4n) is 4.49. The molecule has 0 amide bonds. The highest BCUT2D eigenvalue weighted by Gasteiger charge is 2.48. The number of hydrogen-bond acceptors (Lipinski definition) is 5. The summed E-state index contributed by atoms with van der Waals surface area (Å²) in [6.07, 6.45) is -4.18. The molecule has 188 valence electrons. The first-order valence-electron chi connectivity index (χ1n) is 11.2. The molecule has 0 spiro atoms. The molecular weight excluding hydrogens is 473 g/mol. The van der Waals surface area contributed by atoms with Crippen molar-refractivity contribution in [1.82, 2.24) is 0 Å². The van der Waals surface area contributed by atoms with Crippen molar-refractivity contribution in [2.45, 2.75) is 44.5 Å². The molecule has 0 saturated carbocycles. The number of anilines is 2. The van der Waals surface area contributed by atoms with E-state index in [-0.39, 0.29) is 11.8 Å². The first-order valence-corrected chi connectivity index (χ1v) is 11.2. The zero-order valence-electron chi connectivity index (χ0n) is 18.8. The number of carboxylic acids is 1. The molecule has 1 N–H and O–H groups in total.